The molecule has 1 aliphatic heterocycles. The van der Waals surface area contributed by atoms with Gasteiger partial charge in [0.05, 0.1) is 33.5 Å². The summed E-state index contributed by atoms with van der Waals surface area (Å²) in [4.78, 5) is 23.3. The Bertz CT molecular complexity index is 1610. The molecule has 1 fully saturated rings. The monoisotopic (exact) mass is 551 g/mol. The molecular weight excluding hydrogens is 518 g/mol. The number of nitrogens with one attached hydrogen (secondary N) is 2. The van der Waals surface area contributed by atoms with Crippen LogP contribution in [0.4, 0.5) is 0 Å². The molecule has 0 radical (unpaired) electrons. The first-order valence-corrected chi connectivity index (χ1v) is 13.5. The molecule has 0 spiro atoms. The van der Waals surface area contributed by atoms with Crippen LogP contribution in [0.1, 0.15) is 29.7 Å². The van der Waals surface area contributed by atoms with Gasteiger partial charge in [0.15, 0.2) is 11.5 Å². The predicted molar refractivity (Wildman–Crippen MR) is 157 cm³/mol. The zero-order chi connectivity index (χ0) is 28.8. The third-order valence-electron chi connectivity index (χ3n) is 7.31. The van der Waals surface area contributed by atoms with Gasteiger partial charge in [0, 0.05) is 48.5 Å². The lowest BCUT2D eigenvalue weighted by Crippen LogP contribution is -2.35. The summed E-state index contributed by atoms with van der Waals surface area (Å²) in [6, 6.07) is 17.5. The van der Waals surface area contributed by atoms with Gasteiger partial charge in [-0.2, -0.15) is 5.26 Å². The maximum absolute atomic E-state index is 13.1. The van der Waals surface area contributed by atoms with Crippen molar-refractivity contribution in [2.45, 2.75) is 19.5 Å². The molecule has 2 aromatic carbocycles. The number of nitriles is 1. The number of hydrogen-bond acceptors (Lipinski definition) is 7. The summed E-state index contributed by atoms with van der Waals surface area (Å²) in [6.45, 7) is 5.98. The van der Waals surface area contributed by atoms with Gasteiger partial charge in [0.1, 0.15) is 17.3 Å². The van der Waals surface area contributed by atoms with E-state index in [4.69, 9.17) is 14.2 Å². The van der Waals surface area contributed by atoms with Crippen LogP contribution in [0, 0.1) is 11.3 Å². The van der Waals surface area contributed by atoms with Crippen molar-refractivity contribution in [2.24, 2.45) is 0 Å². The molecule has 0 unspecified atom stereocenters. The fourth-order valence-corrected chi connectivity index (χ4v) is 5.01. The van der Waals surface area contributed by atoms with Crippen molar-refractivity contribution in [1.82, 2.24) is 20.2 Å². The van der Waals surface area contributed by atoms with E-state index in [0.29, 0.717) is 22.7 Å². The van der Waals surface area contributed by atoms with Crippen molar-refractivity contribution in [2.75, 3.05) is 40.5 Å². The highest BCUT2D eigenvalue weighted by atomic mass is 16.5. The summed E-state index contributed by atoms with van der Waals surface area (Å²) >= 11 is 0. The number of ether oxygens (including phenoxy) is 3. The summed E-state index contributed by atoms with van der Waals surface area (Å²) < 4.78 is 16.2. The maximum atomic E-state index is 13.1. The quantitative estimate of drug-likeness (QED) is 0.226. The average molecular weight is 552 g/mol. The van der Waals surface area contributed by atoms with Gasteiger partial charge in [-0.1, -0.05) is 30.3 Å². The van der Waals surface area contributed by atoms with Gasteiger partial charge in [0.2, 0.25) is 0 Å². The maximum Gasteiger partial charge on any atom is 0.262 e. The van der Waals surface area contributed by atoms with E-state index >= 15 is 0 Å². The van der Waals surface area contributed by atoms with Crippen LogP contribution in [-0.4, -0.2) is 61.3 Å². The minimum atomic E-state index is -0.468. The normalized spacial score (nSPS) is 14.8. The van der Waals surface area contributed by atoms with Crippen LogP contribution in [0.25, 0.3) is 28.2 Å². The number of benzene rings is 2. The highest BCUT2D eigenvalue weighted by Crippen LogP contribution is 2.31. The molecule has 0 aliphatic carbocycles. The Morgan fingerprint density at radius 3 is 2.71 bits per heavy atom. The molecule has 4 aromatic rings. The molecule has 5 rings (SSSR count). The highest BCUT2D eigenvalue weighted by molar-refractivity contribution is 6.04. The Balaban J connectivity index is 1.39. The molecule has 1 aliphatic rings. The van der Waals surface area contributed by atoms with Gasteiger partial charge in [-0.25, -0.2) is 4.98 Å². The molecule has 2 aromatic heterocycles. The molecule has 9 nitrogen and oxygen atoms in total. The number of amides is 1. The van der Waals surface area contributed by atoms with Gasteiger partial charge in [0.25, 0.3) is 5.91 Å². The molecule has 3 heterocycles. The van der Waals surface area contributed by atoms with Crippen LogP contribution in [-0.2, 0) is 16.1 Å². The van der Waals surface area contributed by atoms with Crippen molar-refractivity contribution in [3.8, 4) is 28.7 Å². The van der Waals surface area contributed by atoms with Crippen LogP contribution in [0.3, 0.4) is 0 Å². The van der Waals surface area contributed by atoms with E-state index in [1.165, 1.54) is 5.56 Å². The van der Waals surface area contributed by atoms with Crippen molar-refractivity contribution < 1.29 is 19.0 Å². The zero-order valence-corrected chi connectivity index (χ0v) is 23.4. The number of rotatable bonds is 9. The van der Waals surface area contributed by atoms with E-state index in [0.717, 1.165) is 54.9 Å². The molecule has 1 saturated heterocycles. The van der Waals surface area contributed by atoms with Crippen molar-refractivity contribution in [1.29, 1.82) is 5.26 Å². The predicted octanol–water partition coefficient (Wildman–Crippen LogP) is 4.86. The molecule has 9 heteroatoms. The van der Waals surface area contributed by atoms with Crippen LogP contribution in [0.15, 0.2) is 66.5 Å². The molecule has 0 bridgehead atoms. The minimum Gasteiger partial charge on any atom is -0.493 e. The number of H-pyrrole nitrogens is 1. The fourth-order valence-electron chi connectivity index (χ4n) is 5.01. The van der Waals surface area contributed by atoms with Gasteiger partial charge in [-0.3, -0.25) is 9.69 Å². The largest absolute Gasteiger partial charge is 0.493 e. The Kier molecular flexibility index (Phi) is 8.63. The highest BCUT2D eigenvalue weighted by Gasteiger charge is 2.18. The number of fused-ring (bicyclic) bond motifs is 1. The van der Waals surface area contributed by atoms with E-state index < -0.39 is 5.91 Å². The van der Waals surface area contributed by atoms with Crippen molar-refractivity contribution >= 4 is 23.0 Å². The summed E-state index contributed by atoms with van der Waals surface area (Å²) in [7, 11) is 3.13. The lowest BCUT2D eigenvalue weighted by Gasteiger charge is -2.27. The number of pyridine rings is 1. The first-order chi connectivity index (χ1) is 20.0. The van der Waals surface area contributed by atoms with Gasteiger partial charge in [-0.05, 0) is 47.9 Å². The molecule has 41 heavy (non-hydrogen) atoms. The summed E-state index contributed by atoms with van der Waals surface area (Å²) in [5.41, 5.74) is 5.51. The molecular formula is C32H33N5O4. The molecule has 2 N–H and O–H groups in total. The Morgan fingerprint density at radius 2 is 1.95 bits per heavy atom. The van der Waals surface area contributed by atoms with Crippen LogP contribution < -0.4 is 14.8 Å². The lowest BCUT2D eigenvalue weighted by molar-refractivity contribution is -0.117. The number of morpholine rings is 1. The Hall–Kier alpha value is -4.65. The minimum absolute atomic E-state index is 0.00338. The number of hydrogen-bond donors (Lipinski definition) is 2. The van der Waals surface area contributed by atoms with Crippen molar-refractivity contribution in [3.63, 3.8) is 0 Å². The summed E-state index contributed by atoms with van der Waals surface area (Å²) in [6.07, 6.45) is 5.22. The Morgan fingerprint density at radius 1 is 1.17 bits per heavy atom. The average Bonchev–Trinajstić information content (AvgIpc) is 3.41. The van der Waals surface area contributed by atoms with E-state index in [-0.39, 0.29) is 11.6 Å². The van der Waals surface area contributed by atoms with E-state index in [2.05, 4.69) is 50.5 Å². The number of carbonyl (C=O) groups excluding carboxylic acids is 1. The first kappa shape index (κ1) is 27.9. The fraction of sp³-hybridized carbons (Fsp3) is 0.281. The topological polar surface area (TPSA) is 112 Å². The van der Waals surface area contributed by atoms with E-state index in [1.807, 2.05) is 31.3 Å². The molecule has 1 atom stereocenters. The van der Waals surface area contributed by atoms with Crippen LogP contribution in [0.2, 0.25) is 0 Å². The standard InChI is InChI=1S/C32H33N5O4/c1-21(22-8-9-29(39-2)30(16-22)40-3)36-32(38)24(17-33)14-25-18-34-31-28(25)15-26(19-35-31)27-7-5-4-6-23(27)20-37-10-12-41-13-11-37/h4-9,14-16,18-19,21H,10-13,20H2,1-3H3,(H,34,35)(H,36,38)/b24-14+/t21-/m1/s1. The summed E-state index contributed by atoms with van der Waals surface area (Å²) in [5, 5.41) is 13.6. The first-order valence-electron chi connectivity index (χ1n) is 13.5. The lowest BCUT2D eigenvalue weighted by atomic mass is 9.99. The zero-order valence-electron chi connectivity index (χ0n) is 23.4. The van der Waals surface area contributed by atoms with Gasteiger partial charge >= 0.3 is 0 Å². The second-order valence-corrected chi connectivity index (χ2v) is 9.89. The number of nitrogens with zero attached hydrogens (tertiary/aromatic N) is 3. The molecule has 210 valence electrons. The van der Waals surface area contributed by atoms with E-state index in [1.54, 1.807) is 32.6 Å². The van der Waals surface area contributed by atoms with Gasteiger partial charge < -0.3 is 24.5 Å². The number of methoxy groups -OCH3 is 2. The number of aromatic amines is 1. The van der Waals surface area contributed by atoms with Crippen LogP contribution in [0.5, 0.6) is 11.5 Å². The number of carbonyl (C=O) groups is 1. The molecule has 1 amide bonds. The third-order valence-corrected chi connectivity index (χ3v) is 7.31. The second kappa shape index (κ2) is 12.7. The van der Waals surface area contributed by atoms with Crippen molar-refractivity contribution in [3.05, 3.63) is 83.2 Å². The SMILES string of the molecule is COc1ccc([C@@H](C)NC(=O)/C(C#N)=C/c2c[nH]c3ncc(-c4ccccc4CN4CCOCC4)cc23)cc1OC. The van der Waals surface area contributed by atoms with Gasteiger partial charge in [-0.15, -0.1) is 0 Å². The smallest absolute Gasteiger partial charge is 0.262 e. The molecule has 0 saturated carbocycles. The third kappa shape index (κ3) is 6.24. The second-order valence-electron chi connectivity index (χ2n) is 9.89. The Labute approximate surface area is 239 Å². The van der Waals surface area contributed by atoms with E-state index in [9.17, 15) is 10.1 Å². The van der Waals surface area contributed by atoms with Crippen LogP contribution >= 0.6 is 0 Å². The number of aromatic nitrogens is 2. The summed E-state index contributed by atoms with van der Waals surface area (Å²) in [5.74, 6) is 0.697.